The SMILES string of the molecule is COc1ccc(OCC(=O)N2C3CCC2CC(Oc2ccccn2)C3)cc1. The number of amides is 1. The highest BCUT2D eigenvalue weighted by Gasteiger charge is 2.44. The van der Waals surface area contributed by atoms with Crippen LogP contribution in [0.3, 0.4) is 0 Å². The van der Waals surface area contributed by atoms with Gasteiger partial charge in [-0.25, -0.2) is 4.98 Å². The van der Waals surface area contributed by atoms with Crippen molar-refractivity contribution < 1.29 is 19.0 Å². The second-order valence-corrected chi connectivity index (χ2v) is 7.03. The van der Waals surface area contributed by atoms with Crippen LogP contribution in [0.2, 0.25) is 0 Å². The minimum atomic E-state index is 0.0506. The molecule has 6 heteroatoms. The normalized spacial score (nSPS) is 23.7. The van der Waals surface area contributed by atoms with Crippen molar-refractivity contribution in [3.05, 3.63) is 48.7 Å². The first-order valence-corrected chi connectivity index (χ1v) is 9.38. The van der Waals surface area contributed by atoms with Crippen LogP contribution < -0.4 is 14.2 Å². The van der Waals surface area contributed by atoms with E-state index in [1.807, 2.05) is 47.4 Å². The zero-order valence-electron chi connectivity index (χ0n) is 15.4. The van der Waals surface area contributed by atoms with E-state index in [4.69, 9.17) is 14.2 Å². The van der Waals surface area contributed by atoms with Gasteiger partial charge < -0.3 is 19.1 Å². The summed E-state index contributed by atoms with van der Waals surface area (Å²) in [6.45, 7) is 0.0606. The maximum Gasteiger partial charge on any atom is 0.261 e. The number of fused-ring (bicyclic) bond motifs is 2. The van der Waals surface area contributed by atoms with Gasteiger partial charge in [-0.2, -0.15) is 0 Å². The molecular weight excluding hydrogens is 344 g/mol. The van der Waals surface area contributed by atoms with Gasteiger partial charge in [0.15, 0.2) is 6.61 Å². The molecule has 1 amide bonds. The fourth-order valence-corrected chi connectivity index (χ4v) is 4.11. The predicted octanol–water partition coefficient (Wildman–Crippen LogP) is 3.07. The van der Waals surface area contributed by atoms with Crippen molar-refractivity contribution in [2.45, 2.75) is 43.9 Å². The summed E-state index contributed by atoms with van der Waals surface area (Å²) in [5.74, 6) is 2.14. The Morgan fingerprint density at radius 2 is 1.78 bits per heavy atom. The van der Waals surface area contributed by atoms with Crippen molar-refractivity contribution in [2.75, 3.05) is 13.7 Å². The first-order valence-electron chi connectivity index (χ1n) is 9.38. The standard InChI is InChI=1S/C21H24N2O4/c1-25-17-7-9-18(10-8-17)26-14-21(24)23-15-5-6-16(23)13-19(12-15)27-20-4-2-3-11-22-20/h2-4,7-11,15-16,19H,5-6,12-14H2,1H3. The van der Waals surface area contributed by atoms with E-state index in [0.29, 0.717) is 11.6 Å². The van der Waals surface area contributed by atoms with Gasteiger partial charge in [0.1, 0.15) is 17.6 Å². The van der Waals surface area contributed by atoms with Gasteiger partial charge in [-0.1, -0.05) is 6.07 Å². The number of pyridine rings is 1. The molecular formula is C21H24N2O4. The Hall–Kier alpha value is -2.76. The molecule has 6 nitrogen and oxygen atoms in total. The summed E-state index contributed by atoms with van der Waals surface area (Å²) in [5.41, 5.74) is 0. The highest BCUT2D eigenvalue weighted by atomic mass is 16.5. The second kappa shape index (κ2) is 7.86. The molecule has 4 rings (SSSR count). The van der Waals surface area contributed by atoms with E-state index in [1.165, 1.54) is 0 Å². The lowest BCUT2D eigenvalue weighted by molar-refractivity contribution is -0.139. The minimum Gasteiger partial charge on any atom is -0.497 e. The molecule has 2 aliphatic rings. The molecule has 0 N–H and O–H groups in total. The lowest BCUT2D eigenvalue weighted by Crippen LogP contribution is -2.50. The number of aromatic nitrogens is 1. The van der Waals surface area contributed by atoms with Gasteiger partial charge in [-0.15, -0.1) is 0 Å². The van der Waals surface area contributed by atoms with E-state index in [1.54, 1.807) is 13.3 Å². The van der Waals surface area contributed by atoms with Gasteiger partial charge >= 0.3 is 0 Å². The van der Waals surface area contributed by atoms with E-state index in [0.717, 1.165) is 31.4 Å². The van der Waals surface area contributed by atoms with Crippen LogP contribution in [0, 0.1) is 0 Å². The summed E-state index contributed by atoms with van der Waals surface area (Å²) < 4.78 is 16.8. The summed E-state index contributed by atoms with van der Waals surface area (Å²) in [7, 11) is 1.62. The summed E-state index contributed by atoms with van der Waals surface area (Å²) >= 11 is 0. The highest BCUT2D eigenvalue weighted by Crippen LogP contribution is 2.37. The van der Waals surface area contributed by atoms with Gasteiger partial charge in [0, 0.05) is 37.2 Å². The molecule has 1 aromatic heterocycles. The number of rotatable bonds is 6. The third-order valence-electron chi connectivity index (χ3n) is 5.32. The molecule has 0 spiro atoms. The number of methoxy groups -OCH3 is 1. The lowest BCUT2D eigenvalue weighted by atomic mass is 9.99. The van der Waals surface area contributed by atoms with Crippen LogP contribution in [0.5, 0.6) is 17.4 Å². The van der Waals surface area contributed by atoms with E-state index >= 15 is 0 Å². The van der Waals surface area contributed by atoms with Crippen LogP contribution in [-0.4, -0.2) is 47.7 Å². The number of nitrogens with zero attached hydrogens (tertiary/aromatic N) is 2. The largest absolute Gasteiger partial charge is 0.497 e. The van der Waals surface area contributed by atoms with Crippen LogP contribution in [0.4, 0.5) is 0 Å². The zero-order chi connectivity index (χ0) is 18.6. The number of ether oxygens (including phenoxy) is 3. The molecule has 3 heterocycles. The molecule has 2 unspecified atom stereocenters. The second-order valence-electron chi connectivity index (χ2n) is 7.03. The fraction of sp³-hybridized carbons (Fsp3) is 0.429. The zero-order valence-corrected chi connectivity index (χ0v) is 15.4. The average molecular weight is 368 g/mol. The Morgan fingerprint density at radius 3 is 2.41 bits per heavy atom. The molecule has 142 valence electrons. The Bertz CT molecular complexity index is 752. The molecule has 0 saturated carbocycles. The van der Waals surface area contributed by atoms with Gasteiger partial charge in [-0.05, 0) is 43.2 Å². The third-order valence-corrected chi connectivity index (χ3v) is 5.32. The first-order chi connectivity index (χ1) is 13.2. The van der Waals surface area contributed by atoms with Gasteiger partial charge in [-0.3, -0.25) is 4.79 Å². The summed E-state index contributed by atoms with van der Waals surface area (Å²) in [6, 6.07) is 13.4. The Labute approximate surface area is 159 Å². The average Bonchev–Trinajstić information content (AvgIpc) is 2.98. The molecule has 2 atom stereocenters. The maximum absolute atomic E-state index is 12.7. The van der Waals surface area contributed by atoms with Crippen LogP contribution in [0.25, 0.3) is 0 Å². The van der Waals surface area contributed by atoms with Crippen molar-refractivity contribution in [1.82, 2.24) is 9.88 Å². The molecule has 2 fully saturated rings. The van der Waals surface area contributed by atoms with Crippen LogP contribution >= 0.6 is 0 Å². The van der Waals surface area contributed by atoms with Crippen molar-refractivity contribution in [3.8, 4) is 17.4 Å². The fourth-order valence-electron chi connectivity index (χ4n) is 4.11. The Morgan fingerprint density at radius 1 is 1.07 bits per heavy atom. The van der Waals surface area contributed by atoms with E-state index in [2.05, 4.69) is 4.98 Å². The monoisotopic (exact) mass is 368 g/mol. The summed E-state index contributed by atoms with van der Waals surface area (Å²) in [5, 5.41) is 0. The summed E-state index contributed by atoms with van der Waals surface area (Å²) in [4.78, 5) is 19.0. The van der Waals surface area contributed by atoms with Crippen molar-refractivity contribution >= 4 is 5.91 Å². The van der Waals surface area contributed by atoms with Crippen molar-refractivity contribution in [3.63, 3.8) is 0 Å². The van der Waals surface area contributed by atoms with Gasteiger partial charge in [0.05, 0.1) is 7.11 Å². The number of hydrogen-bond acceptors (Lipinski definition) is 5. The first kappa shape index (κ1) is 17.6. The number of carbonyl (C=O) groups is 1. The molecule has 2 aromatic rings. The highest BCUT2D eigenvalue weighted by molar-refractivity contribution is 5.79. The van der Waals surface area contributed by atoms with Gasteiger partial charge in [0.2, 0.25) is 5.88 Å². The van der Waals surface area contributed by atoms with E-state index in [9.17, 15) is 4.79 Å². The van der Waals surface area contributed by atoms with Gasteiger partial charge in [0.25, 0.3) is 5.91 Å². The Kier molecular flexibility index (Phi) is 5.14. The number of piperidine rings is 1. The van der Waals surface area contributed by atoms with Crippen LogP contribution in [0.15, 0.2) is 48.7 Å². The molecule has 2 saturated heterocycles. The number of carbonyl (C=O) groups excluding carboxylic acids is 1. The van der Waals surface area contributed by atoms with Crippen LogP contribution in [0.1, 0.15) is 25.7 Å². The molecule has 27 heavy (non-hydrogen) atoms. The number of benzene rings is 1. The predicted molar refractivity (Wildman–Crippen MR) is 100 cm³/mol. The molecule has 2 bridgehead atoms. The van der Waals surface area contributed by atoms with Crippen molar-refractivity contribution in [1.29, 1.82) is 0 Å². The molecule has 0 radical (unpaired) electrons. The minimum absolute atomic E-state index is 0.0506. The topological polar surface area (TPSA) is 60.9 Å². The van der Waals surface area contributed by atoms with Crippen LogP contribution in [-0.2, 0) is 4.79 Å². The van der Waals surface area contributed by atoms with E-state index in [-0.39, 0.29) is 30.7 Å². The smallest absolute Gasteiger partial charge is 0.261 e. The molecule has 1 aromatic carbocycles. The summed E-state index contributed by atoms with van der Waals surface area (Å²) in [6.07, 6.45) is 5.60. The Balaban J connectivity index is 1.32. The third kappa shape index (κ3) is 3.99. The number of hydrogen-bond donors (Lipinski definition) is 0. The molecule has 2 aliphatic heterocycles. The molecule has 0 aliphatic carbocycles. The van der Waals surface area contributed by atoms with E-state index < -0.39 is 0 Å². The van der Waals surface area contributed by atoms with Crippen molar-refractivity contribution in [2.24, 2.45) is 0 Å². The lowest BCUT2D eigenvalue weighted by Gasteiger charge is -2.38. The quantitative estimate of drug-likeness (QED) is 0.784. The maximum atomic E-state index is 12.7.